The highest BCUT2D eigenvalue weighted by atomic mass is 16.1. The van der Waals surface area contributed by atoms with Crippen molar-refractivity contribution in [2.24, 2.45) is 5.92 Å². The number of piperidine rings is 1. The van der Waals surface area contributed by atoms with Crippen LogP contribution >= 0.6 is 0 Å². The van der Waals surface area contributed by atoms with Gasteiger partial charge >= 0.3 is 0 Å². The fraction of sp³-hybridized carbons (Fsp3) is 0.333. The summed E-state index contributed by atoms with van der Waals surface area (Å²) in [6.45, 7) is 6.30. The largest absolute Gasteiger partial charge is 0.354 e. The maximum absolute atomic E-state index is 12.7. The lowest BCUT2D eigenvalue weighted by molar-refractivity contribution is -0.125. The van der Waals surface area contributed by atoms with Gasteiger partial charge in [0.2, 0.25) is 5.91 Å². The van der Waals surface area contributed by atoms with Crippen molar-refractivity contribution in [3.05, 3.63) is 71.5 Å². The average molecular weight is 402 g/mol. The fourth-order valence-corrected chi connectivity index (χ4v) is 3.78. The number of amides is 1. The molecule has 4 rings (SSSR count). The summed E-state index contributed by atoms with van der Waals surface area (Å²) in [5, 5.41) is 11.9. The van der Waals surface area contributed by atoms with E-state index in [0.29, 0.717) is 13.1 Å². The van der Waals surface area contributed by atoms with Crippen LogP contribution in [-0.4, -0.2) is 34.2 Å². The Labute approximate surface area is 177 Å². The molecule has 1 fully saturated rings. The Balaban J connectivity index is 1.39. The van der Waals surface area contributed by atoms with Crippen molar-refractivity contribution >= 4 is 11.7 Å². The Morgan fingerprint density at radius 3 is 2.63 bits per heavy atom. The van der Waals surface area contributed by atoms with E-state index in [9.17, 15) is 4.79 Å². The number of carbonyl (C=O) groups excluding carboxylic acids is 1. The first-order valence-electron chi connectivity index (χ1n) is 10.4. The highest BCUT2D eigenvalue weighted by molar-refractivity contribution is 5.79. The molecule has 0 aliphatic carbocycles. The summed E-state index contributed by atoms with van der Waals surface area (Å²) in [5.41, 5.74) is 5.51. The van der Waals surface area contributed by atoms with Gasteiger partial charge in [-0.15, -0.1) is 10.2 Å². The van der Waals surface area contributed by atoms with Crippen LogP contribution in [0.15, 0.2) is 54.9 Å². The number of nitrogens with zero attached hydrogens (tertiary/aromatic N) is 4. The molecule has 1 amide bonds. The SMILES string of the molecule is Cc1ccc(-c2ccc(N3CCCC(C(=O)NCc4ccncc4)C3)nn2)cc1C. The lowest BCUT2D eigenvalue weighted by Crippen LogP contribution is -2.43. The van der Waals surface area contributed by atoms with Crippen LogP contribution in [0.3, 0.4) is 0 Å². The topological polar surface area (TPSA) is 71.0 Å². The Bertz CT molecular complexity index is 1000. The van der Waals surface area contributed by atoms with Crippen molar-refractivity contribution in [1.82, 2.24) is 20.5 Å². The van der Waals surface area contributed by atoms with Crippen molar-refractivity contribution in [3.63, 3.8) is 0 Å². The number of pyridine rings is 1. The molecular weight excluding hydrogens is 374 g/mol. The van der Waals surface area contributed by atoms with Crippen molar-refractivity contribution < 1.29 is 4.79 Å². The van der Waals surface area contributed by atoms with Gasteiger partial charge in [0.05, 0.1) is 11.6 Å². The van der Waals surface area contributed by atoms with Gasteiger partial charge in [0, 0.05) is 37.6 Å². The summed E-state index contributed by atoms with van der Waals surface area (Å²) in [4.78, 5) is 18.8. The monoisotopic (exact) mass is 401 g/mol. The normalized spacial score (nSPS) is 16.3. The summed E-state index contributed by atoms with van der Waals surface area (Å²) in [6.07, 6.45) is 5.34. The van der Waals surface area contributed by atoms with Gasteiger partial charge in [0.25, 0.3) is 0 Å². The van der Waals surface area contributed by atoms with Crippen LogP contribution in [0.4, 0.5) is 5.82 Å². The quantitative estimate of drug-likeness (QED) is 0.706. The van der Waals surface area contributed by atoms with Gasteiger partial charge < -0.3 is 10.2 Å². The zero-order valence-corrected chi connectivity index (χ0v) is 17.5. The molecule has 6 nitrogen and oxygen atoms in total. The number of carbonyl (C=O) groups is 1. The molecule has 6 heteroatoms. The number of hydrogen-bond donors (Lipinski definition) is 1. The molecular formula is C24H27N5O. The maximum atomic E-state index is 12.7. The third-order valence-corrected chi connectivity index (χ3v) is 5.79. The average Bonchev–Trinajstić information content (AvgIpc) is 2.80. The molecule has 1 aromatic carbocycles. The van der Waals surface area contributed by atoms with Gasteiger partial charge in [-0.25, -0.2) is 0 Å². The van der Waals surface area contributed by atoms with E-state index in [0.717, 1.165) is 42.0 Å². The van der Waals surface area contributed by atoms with Crippen molar-refractivity contribution in [2.75, 3.05) is 18.0 Å². The molecule has 2 aromatic heterocycles. The zero-order chi connectivity index (χ0) is 20.9. The number of rotatable bonds is 5. The summed E-state index contributed by atoms with van der Waals surface area (Å²) in [6, 6.07) is 14.2. The predicted octanol–water partition coefficient (Wildman–Crippen LogP) is 3.69. The molecule has 3 heterocycles. The molecule has 1 unspecified atom stereocenters. The number of nitrogens with one attached hydrogen (secondary N) is 1. The first-order chi connectivity index (χ1) is 14.6. The van der Waals surface area contributed by atoms with Crippen LogP contribution in [0, 0.1) is 19.8 Å². The smallest absolute Gasteiger partial charge is 0.225 e. The van der Waals surface area contributed by atoms with E-state index in [4.69, 9.17) is 0 Å². The number of aromatic nitrogens is 3. The van der Waals surface area contributed by atoms with Crippen LogP contribution in [0.5, 0.6) is 0 Å². The molecule has 1 aliphatic heterocycles. The standard InChI is InChI=1S/C24H27N5O/c1-17-5-6-20(14-18(17)2)22-7-8-23(28-27-22)29-13-3-4-21(16-29)24(30)26-15-19-9-11-25-12-10-19/h5-12,14,21H,3-4,13,15-16H2,1-2H3,(H,26,30). The summed E-state index contributed by atoms with van der Waals surface area (Å²) in [5.74, 6) is 0.882. The van der Waals surface area contributed by atoms with Crippen molar-refractivity contribution in [1.29, 1.82) is 0 Å². The van der Waals surface area contributed by atoms with E-state index in [1.807, 2.05) is 24.3 Å². The molecule has 154 valence electrons. The van der Waals surface area contributed by atoms with Gasteiger partial charge in [-0.2, -0.15) is 0 Å². The van der Waals surface area contributed by atoms with Crippen molar-refractivity contribution in [2.45, 2.75) is 33.2 Å². The highest BCUT2D eigenvalue weighted by Gasteiger charge is 2.26. The van der Waals surface area contributed by atoms with E-state index in [-0.39, 0.29) is 11.8 Å². The molecule has 30 heavy (non-hydrogen) atoms. The van der Waals surface area contributed by atoms with Gasteiger partial charge in [0.15, 0.2) is 5.82 Å². The van der Waals surface area contributed by atoms with Crippen LogP contribution in [0.1, 0.15) is 29.5 Å². The molecule has 1 atom stereocenters. The van der Waals surface area contributed by atoms with Gasteiger partial charge in [0.1, 0.15) is 0 Å². The second-order valence-electron chi connectivity index (χ2n) is 7.93. The Kier molecular flexibility index (Phi) is 6.02. The molecule has 0 bridgehead atoms. The molecule has 3 aromatic rings. The third-order valence-electron chi connectivity index (χ3n) is 5.79. The molecule has 1 saturated heterocycles. The molecule has 1 aliphatic rings. The third kappa shape index (κ3) is 4.64. The van der Waals surface area contributed by atoms with Crippen LogP contribution in [0.25, 0.3) is 11.3 Å². The van der Waals surface area contributed by atoms with E-state index >= 15 is 0 Å². The van der Waals surface area contributed by atoms with Gasteiger partial charge in [-0.1, -0.05) is 12.1 Å². The number of aryl methyl sites for hydroxylation is 2. The van der Waals surface area contributed by atoms with E-state index < -0.39 is 0 Å². The van der Waals surface area contributed by atoms with Crippen LogP contribution in [-0.2, 0) is 11.3 Å². The number of hydrogen-bond acceptors (Lipinski definition) is 5. The summed E-state index contributed by atoms with van der Waals surface area (Å²) in [7, 11) is 0. The summed E-state index contributed by atoms with van der Waals surface area (Å²) >= 11 is 0. The van der Waals surface area contributed by atoms with E-state index in [1.54, 1.807) is 12.4 Å². The predicted molar refractivity (Wildman–Crippen MR) is 118 cm³/mol. The molecule has 0 spiro atoms. The lowest BCUT2D eigenvalue weighted by Gasteiger charge is -2.32. The fourth-order valence-electron chi connectivity index (χ4n) is 3.78. The maximum Gasteiger partial charge on any atom is 0.225 e. The van der Waals surface area contributed by atoms with Crippen LogP contribution in [0.2, 0.25) is 0 Å². The first kappa shape index (κ1) is 20.0. The van der Waals surface area contributed by atoms with Gasteiger partial charge in [-0.05, 0) is 73.7 Å². The highest BCUT2D eigenvalue weighted by Crippen LogP contribution is 2.24. The summed E-state index contributed by atoms with van der Waals surface area (Å²) < 4.78 is 0. The van der Waals surface area contributed by atoms with Crippen LogP contribution < -0.4 is 10.2 Å². The molecule has 0 saturated carbocycles. The minimum atomic E-state index is -0.0400. The second kappa shape index (κ2) is 9.03. The number of anilines is 1. The minimum absolute atomic E-state index is 0.0400. The minimum Gasteiger partial charge on any atom is -0.354 e. The Morgan fingerprint density at radius 1 is 1.07 bits per heavy atom. The van der Waals surface area contributed by atoms with E-state index in [1.165, 1.54) is 11.1 Å². The van der Waals surface area contributed by atoms with E-state index in [2.05, 4.69) is 57.4 Å². The second-order valence-corrected chi connectivity index (χ2v) is 7.93. The van der Waals surface area contributed by atoms with Gasteiger partial charge in [-0.3, -0.25) is 9.78 Å². The van der Waals surface area contributed by atoms with Crippen molar-refractivity contribution in [3.8, 4) is 11.3 Å². The Morgan fingerprint density at radius 2 is 1.90 bits per heavy atom. The Hall–Kier alpha value is -3.28. The lowest BCUT2D eigenvalue weighted by atomic mass is 9.97. The molecule has 0 radical (unpaired) electrons. The first-order valence-corrected chi connectivity index (χ1v) is 10.4. The molecule has 1 N–H and O–H groups in total. The zero-order valence-electron chi connectivity index (χ0n) is 17.5. The number of benzene rings is 1.